The lowest BCUT2D eigenvalue weighted by atomic mass is 10.1. The van der Waals surface area contributed by atoms with Gasteiger partial charge in [-0.25, -0.2) is 9.13 Å². The molecule has 0 aliphatic carbocycles. The maximum absolute atomic E-state index is 12.9. The molecule has 97 heavy (non-hydrogen) atoms. The van der Waals surface area contributed by atoms with Gasteiger partial charge in [0.2, 0.25) is 0 Å². The normalized spacial score (nSPS) is 14.7. The second-order valence-electron chi connectivity index (χ2n) is 25.4. The zero-order valence-electron chi connectivity index (χ0n) is 61.0. The summed E-state index contributed by atoms with van der Waals surface area (Å²) in [6.07, 6.45) is 82.9. The van der Waals surface area contributed by atoms with Crippen molar-refractivity contribution in [3.8, 4) is 0 Å². The van der Waals surface area contributed by atoms with Gasteiger partial charge in [0.25, 0.3) is 0 Å². The van der Waals surface area contributed by atoms with Crippen LogP contribution in [0.4, 0.5) is 0 Å². The summed E-state index contributed by atoms with van der Waals surface area (Å²) < 4.78 is 61.0. The van der Waals surface area contributed by atoms with E-state index >= 15 is 0 Å². The number of hydrogen-bond donors (Lipinski definition) is 4. The molecule has 0 aliphatic heterocycles. The molecule has 16 nitrogen and oxygen atoms in total. The summed E-state index contributed by atoms with van der Waals surface area (Å²) in [7, 11) is -9.78. The fraction of sp³-hybridized carbons (Fsp3) is 0.734. The minimum absolute atomic E-state index is 0.0916. The molecule has 0 rings (SSSR count). The van der Waals surface area contributed by atoms with Crippen LogP contribution in [0.5, 0.6) is 0 Å². The van der Waals surface area contributed by atoms with Crippen LogP contribution in [0.3, 0.4) is 0 Å². The van der Waals surface area contributed by atoms with Crippen LogP contribution >= 0.6 is 15.6 Å². The van der Waals surface area contributed by atoms with Gasteiger partial charge in [0, 0.05) is 19.3 Å². The van der Waals surface area contributed by atoms with E-state index < -0.39 is 91.5 Å². The Morgan fingerprint density at radius 1 is 0.289 bits per heavy atom. The first-order valence-electron chi connectivity index (χ1n) is 38.2. The van der Waals surface area contributed by atoms with Crippen molar-refractivity contribution in [2.45, 2.75) is 334 Å². The van der Waals surface area contributed by atoms with Gasteiger partial charge in [0.05, 0.1) is 26.4 Å². The van der Waals surface area contributed by atoms with E-state index in [4.69, 9.17) is 32.3 Å². The monoisotopic (exact) mass is 1400 g/mol. The molecule has 0 bridgehead atoms. The maximum Gasteiger partial charge on any atom is 0.472 e. The van der Waals surface area contributed by atoms with Crippen molar-refractivity contribution in [3.05, 3.63) is 109 Å². The molecule has 0 saturated carbocycles. The first-order valence-corrected chi connectivity index (χ1v) is 41.2. The first kappa shape index (κ1) is 93.2. The summed E-state index contributed by atoms with van der Waals surface area (Å²) in [5.41, 5.74) is 0. The van der Waals surface area contributed by atoms with Gasteiger partial charge in [-0.15, -0.1) is 0 Å². The summed E-state index contributed by atoms with van der Waals surface area (Å²) in [5.74, 6) is -1.59. The van der Waals surface area contributed by atoms with Crippen LogP contribution in [0.2, 0.25) is 0 Å². The summed E-state index contributed by atoms with van der Waals surface area (Å²) >= 11 is 0. The number of unbranched alkanes of at least 4 members (excludes halogenated alkanes) is 31. The van der Waals surface area contributed by atoms with Crippen LogP contribution in [-0.4, -0.2) is 95.9 Å². The predicted molar refractivity (Wildman–Crippen MR) is 399 cm³/mol. The second-order valence-corrected chi connectivity index (χ2v) is 28.4. The Morgan fingerprint density at radius 2 is 0.526 bits per heavy atom. The highest BCUT2D eigenvalue weighted by molar-refractivity contribution is 7.47. The van der Waals surface area contributed by atoms with E-state index in [1.54, 1.807) is 0 Å². The number of aliphatic hydroxyl groups is 2. The highest BCUT2D eigenvalue weighted by atomic mass is 31.2. The average Bonchev–Trinajstić information content (AvgIpc) is 1.42. The number of allylic oxidation sites excluding steroid dienone is 18. The Balaban J connectivity index is 4.51. The molecule has 560 valence electrons. The molecule has 0 aromatic heterocycles. The molecule has 5 atom stereocenters. The standard InChI is InChI=1S/C79H138O16P2/c1-4-7-10-13-16-19-22-24-26-28-30-32-34-36-38-40-42-44-46-48-51-53-56-59-62-65-77(82)89-68-74(80)69-91-96(85,86)92-70-75(81)71-93-97(87,88)94-73-76(95-79(84)67-64-61-58-55-50-21-18-15-12-9-6-3)72-90-78(83)66-63-60-57-54-52-49-47-45-43-41-39-37-35-33-31-29-27-25-23-20-17-14-11-8-5-2/h15-20,24-27,30-33,36-39,74-76,80-81H,4-14,21-23,28-29,34-35,40-73H2,1-3H3,(H,85,86)(H,87,88)/b18-15-,19-16-,20-17-,26-24-,27-25-,32-30-,33-31-,38-36-,39-37-. The van der Waals surface area contributed by atoms with Crippen LogP contribution in [0.25, 0.3) is 0 Å². The van der Waals surface area contributed by atoms with Crippen molar-refractivity contribution < 1.29 is 75.8 Å². The molecule has 0 spiro atoms. The molecule has 0 radical (unpaired) electrons. The summed E-state index contributed by atoms with van der Waals surface area (Å²) in [5, 5.41) is 20.6. The number of rotatable bonds is 72. The Kier molecular flexibility index (Phi) is 69.2. The number of phosphoric ester groups is 2. The molecule has 4 N–H and O–H groups in total. The number of ether oxygens (including phenoxy) is 3. The van der Waals surface area contributed by atoms with Crippen LogP contribution < -0.4 is 0 Å². The van der Waals surface area contributed by atoms with Crippen molar-refractivity contribution >= 4 is 33.6 Å². The molecule has 0 aromatic rings. The van der Waals surface area contributed by atoms with E-state index in [-0.39, 0.29) is 19.3 Å². The molecule has 0 amide bonds. The SMILES string of the molecule is CCCC/C=C\CCCCCCCC(=O)OC(COC(=O)CCCCCCCCCCC/C=C\C/C=C\C/C=C\C/C=C\CCCCC)COP(=O)(O)OCC(O)COP(=O)(O)OCC(O)COC(=O)CCCCCCCCCCC/C=C\C/C=C\C/C=C\C/C=C\CCCCC. The molecule has 5 unspecified atom stereocenters. The van der Waals surface area contributed by atoms with Crippen molar-refractivity contribution in [1.29, 1.82) is 0 Å². The lowest BCUT2D eigenvalue weighted by molar-refractivity contribution is -0.161. The predicted octanol–water partition coefficient (Wildman–Crippen LogP) is 22.0. The third-order valence-electron chi connectivity index (χ3n) is 15.9. The van der Waals surface area contributed by atoms with Crippen molar-refractivity contribution in [2.75, 3.05) is 39.6 Å². The lowest BCUT2D eigenvalue weighted by Gasteiger charge is -2.21. The molecular formula is C79H138O16P2. The van der Waals surface area contributed by atoms with Crippen LogP contribution in [0.15, 0.2) is 109 Å². The average molecular weight is 1410 g/mol. The molecular weight excluding hydrogens is 1270 g/mol. The fourth-order valence-electron chi connectivity index (χ4n) is 10.0. The van der Waals surface area contributed by atoms with E-state index in [1.807, 2.05) is 0 Å². The minimum atomic E-state index is -4.93. The largest absolute Gasteiger partial charge is 0.472 e. The van der Waals surface area contributed by atoms with E-state index in [0.717, 1.165) is 141 Å². The number of esters is 3. The number of carbonyl (C=O) groups excluding carboxylic acids is 3. The number of hydrogen-bond acceptors (Lipinski definition) is 14. The van der Waals surface area contributed by atoms with Gasteiger partial charge in [-0.05, 0) is 128 Å². The molecule has 0 aliphatic rings. The smallest absolute Gasteiger partial charge is 0.463 e. The highest BCUT2D eigenvalue weighted by Crippen LogP contribution is 2.45. The molecule has 18 heteroatoms. The van der Waals surface area contributed by atoms with E-state index in [0.29, 0.717) is 19.3 Å². The van der Waals surface area contributed by atoms with Crippen molar-refractivity contribution in [2.24, 2.45) is 0 Å². The van der Waals surface area contributed by atoms with Crippen LogP contribution in [0.1, 0.15) is 316 Å². The third kappa shape index (κ3) is 73.3. The Labute approximate surface area is 590 Å². The summed E-state index contributed by atoms with van der Waals surface area (Å²) in [6, 6.07) is 0. The van der Waals surface area contributed by atoms with E-state index in [9.17, 15) is 43.5 Å². The van der Waals surface area contributed by atoms with Gasteiger partial charge in [-0.3, -0.25) is 32.5 Å². The molecule has 0 aromatic carbocycles. The Morgan fingerprint density at radius 3 is 0.856 bits per heavy atom. The quantitative estimate of drug-likeness (QED) is 0.0146. The zero-order chi connectivity index (χ0) is 70.9. The van der Waals surface area contributed by atoms with Gasteiger partial charge in [-0.2, -0.15) is 0 Å². The van der Waals surface area contributed by atoms with Crippen molar-refractivity contribution in [3.63, 3.8) is 0 Å². The van der Waals surface area contributed by atoms with Gasteiger partial charge in [0.15, 0.2) is 6.10 Å². The van der Waals surface area contributed by atoms with E-state index in [2.05, 4.69) is 130 Å². The molecule has 0 saturated heterocycles. The van der Waals surface area contributed by atoms with Gasteiger partial charge in [-0.1, -0.05) is 278 Å². The first-order chi connectivity index (χ1) is 47.2. The molecule has 0 heterocycles. The van der Waals surface area contributed by atoms with Gasteiger partial charge < -0.3 is 34.2 Å². The fourth-order valence-corrected chi connectivity index (χ4v) is 11.6. The number of aliphatic hydroxyl groups excluding tert-OH is 2. The molecule has 0 fully saturated rings. The van der Waals surface area contributed by atoms with Crippen LogP contribution in [0, 0.1) is 0 Å². The number of phosphoric acid groups is 2. The van der Waals surface area contributed by atoms with Crippen molar-refractivity contribution in [1.82, 2.24) is 0 Å². The Hall–Kier alpha value is -3.79. The highest BCUT2D eigenvalue weighted by Gasteiger charge is 2.29. The minimum Gasteiger partial charge on any atom is -0.463 e. The zero-order valence-corrected chi connectivity index (χ0v) is 62.8. The Bertz CT molecular complexity index is 2200. The topological polar surface area (TPSA) is 231 Å². The third-order valence-corrected chi connectivity index (χ3v) is 17.8. The van der Waals surface area contributed by atoms with Gasteiger partial charge in [0.1, 0.15) is 25.4 Å². The second kappa shape index (κ2) is 72.0. The lowest BCUT2D eigenvalue weighted by Crippen LogP contribution is -2.30. The van der Waals surface area contributed by atoms with Crippen LogP contribution in [-0.2, 0) is 55.8 Å². The maximum atomic E-state index is 12.9. The summed E-state index contributed by atoms with van der Waals surface area (Å²) in [4.78, 5) is 58.5. The summed E-state index contributed by atoms with van der Waals surface area (Å²) in [6.45, 7) is 2.57. The number of carbonyl (C=O) groups is 3. The van der Waals surface area contributed by atoms with E-state index in [1.165, 1.54) is 116 Å². The van der Waals surface area contributed by atoms with Gasteiger partial charge >= 0.3 is 33.6 Å².